The standard InChI is InChI=1S/C16H22N4O2S/c1-2-23-14-5-3-4-10-20(11-14)15(21)12-6-8-13(9-7-12)18-19-16(17)22/h6-9,14H,2-5,10-11H2,1H3,(H2,17,22). The summed E-state index contributed by atoms with van der Waals surface area (Å²) in [5.41, 5.74) is 6.03. The molecule has 1 saturated heterocycles. The third kappa shape index (κ3) is 5.35. The highest BCUT2D eigenvalue weighted by molar-refractivity contribution is 7.99. The second kappa shape index (κ2) is 8.67. The lowest BCUT2D eigenvalue weighted by Crippen LogP contribution is -2.35. The third-order valence-electron chi connectivity index (χ3n) is 3.70. The monoisotopic (exact) mass is 334 g/mol. The van der Waals surface area contributed by atoms with Crippen molar-refractivity contribution in [3.05, 3.63) is 29.8 Å². The van der Waals surface area contributed by atoms with Crippen LogP contribution in [0.3, 0.4) is 0 Å². The van der Waals surface area contributed by atoms with E-state index in [4.69, 9.17) is 5.73 Å². The van der Waals surface area contributed by atoms with Crippen LogP contribution < -0.4 is 5.73 Å². The first-order chi connectivity index (χ1) is 11.1. The summed E-state index contributed by atoms with van der Waals surface area (Å²) >= 11 is 1.93. The van der Waals surface area contributed by atoms with Gasteiger partial charge in [0.2, 0.25) is 0 Å². The minimum Gasteiger partial charge on any atom is -0.348 e. The zero-order chi connectivity index (χ0) is 16.7. The van der Waals surface area contributed by atoms with Crippen molar-refractivity contribution in [2.24, 2.45) is 16.0 Å². The molecule has 3 amide bonds. The number of likely N-dealkylation sites (tertiary alicyclic amines) is 1. The van der Waals surface area contributed by atoms with Gasteiger partial charge in [-0.25, -0.2) is 4.79 Å². The highest BCUT2D eigenvalue weighted by atomic mass is 32.2. The molecule has 1 aliphatic heterocycles. The molecular weight excluding hydrogens is 312 g/mol. The molecule has 0 aromatic heterocycles. The van der Waals surface area contributed by atoms with E-state index in [1.807, 2.05) is 16.7 Å². The molecule has 2 N–H and O–H groups in total. The van der Waals surface area contributed by atoms with Gasteiger partial charge in [-0.3, -0.25) is 4.79 Å². The maximum Gasteiger partial charge on any atom is 0.356 e. The van der Waals surface area contributed by atoms with E-state index in [-0.39, 0.29) is 5.91 Å². The smallest absolute Gasteiger partial charge is 0.348 e. The number of urea groups is 1. The van der Waals surface area contributed by atoms with E-state index >= 15 is 0 Å². The van der Waals surface area contributed by atoms with Crippen molar-refractivity contribution in [2.45, 2.75) is 31.4 Å². The van der Waals surface area contributed by atoms with Crippen LogP contribution in [0.4, 0.5) is 10.5 Å². The largest absolute Gasteiger partial charge is 0.356 e. The Hall–Kier alpha value is -1.89. The number of carbonyl (C=O) groups excluding carboxylic acids is 2. The lowest BCUT2D eigenvalue weighted by atomic mass is 10.2. The van der Waals surface area contributed by atoms with Crippen molar-refractivity contribution in [2.75, 3.05) is 18.8 Å². The Morgan fingerprint density at radius 3 is 2.70 bits per heavy atom. The van der Waals surface area contributed by atoms with Crippen molar-refractivity contribution in [3.8, 4) is 0 Å². The first kappa shape index (κ1) is 17.5. The minimum atomic E-state index is -0.839. The number of rotatable bonds is 4. The predicted molar refractivity (Wildman–Crippen MR) is 92.2 cm³/mol. The quantitative estimate of drug-likeness (QED) is 0.853. The number of azo groups is 1. The van der Waals surface area contributed by atoms with Crippen LogP contribution in [-0.4, -0.2) is 40.9 Å². The van der Waals surface area contributed by atoms with Gasteiger partial charge in [-0.1, -0.05) is 18.5 Å². The number of nitrogens with two attached hydrogens (primary N) is 1. The topological polar surface area (TPSA) is 88.1 Å². The molecular formula is C16H22N4O2S. The summed E-state index contributed by atoms with van der Waals surface area (Å²) in [6.07, 6.45) is 3.40. The van der Waals surface area contributed by atoms with Gasteiger partial charge in [0.05, 0.1) is 5.69 Å². The summed E-state index contributed by atoms with van der Waals surface area (Å²) in [7, 11) is 0. The molecule has 7 heteroatoms. The van der Waals surface area contributed by atoms with Crippen molar-refractivity contribution in [1.29, 1.82) is 0 Å². The average molecular weight is 334 g/mol. The molecule has 23 heavy (non-hydrogen) atoms. The number of benzene rings is 1. The molecule has 1 atom stereocenters. The van der Waals surface area contributed by atoms with E-state index in [0.29, 0.717) is 16.5 Å². The summed E-state index contributed by atoms with van der Waals surface area (Å²) < 4.78 is 0. The second-order valence-electron chi connectivity index (χ2n) is 5.41. The summed E-state index contributed by atoms with van der Waals surface area (Å²) in [4.78, 5) is 25.2. The highest BCUT2D eigenvalue weighted by Crippen LogP contribution is 2.23. The van der Waals surface area contributed by atoms with Crippen LogP contribution >= 0.6 is 11.8 Å². The highest BCUT2D eigenvalue weighted by Gasteiger charge is 2.22. The molecule has 0 radical (unpaired) electrons. The van der Waals surface area contributed by atoms with E-state index in [1.165, 1.54) is 12.8 Å². The Balaban J connectivity index is 2.05. The Morgan fingerprint density at radius 1 is 1.30 bits per heavy atom. The van der Waals surface area contributed by atoms with Gasteiger partial charge in [-0.2, -0.15) is 11.8 Å². The fourth-order valence-corrected chi connectivity index (χ4v) is 3.71. The maximum atomic E-state index is 12.7. The molecule has 1 unspecified atom stereocenters. The molecule has 1 aromatic rings. The van der Waals surface area contributed by atoms with Crippen molar-refractivity contribution < 1.29 is 9.59 Å². The van der Waals surface area contributed by atoms with Crippen molar-refractivity contribution >= 4 is 29.4 Å². The number of nitrogens with zero attached hydrogens (tertiary/aromatic N) is 3. The SMILES string of the molecule is CCSC1CCCCN(C(=O)c2ccc(N=NC(N)=O)cc2)C1. The molecule has 1 heterocycles. The molecule has 0 spiro atoms. The van der Waals surface area contributed by atoms with Crippen LogP contribution in [0.15, 0.2) is 34.5 Å². The van der Waals surface area contributed by atoms with Crippen LogP contribution in [0.25, 0.3) is 0 Å². The van der Waals surface area contributed by atoms with Crippen LogP contribution in [0, 0.1) is 0 Å². The molecule has 1 aromatic carbocycles. The molecule has 124 valence electrons. The van der Waals surface area contributed by atoms with E-state index < -0.39 is 6.03 Å². The van der Waals surface area contributed by atoms with Crippen LogP contribution in [0.1, 0.15) is 36.5 Å². The second-order valence-corrected chi connectivity index (χ2v) is 6.99. The minimum absolute atomic E-state index is 0.0481. The predicted octanol–water partition coefficient (Wildman–Crippen LogP) is 3.60. The summed E-state index contributed by atoms with van der Waals surface area (Å²) in [6.45, 7) is 3.77. The number of carbonyl (C=O) groups is 2. The summed E-state index contributed by atoms with van der Waals surface area (Å²) in [6, 6.07) is 5.91. The molecule has 1 aliphatic rings. The zero-order valence-corrected chi connectivity index (χ0v) is 14.1. The fraction of sp³-hybridized carbons (Fsp3) is 0.500. The molecule has 2 rings (SSSR count). The third-order valence-corrected chi connectivity index (χ3v) is 4.89. The van der Waals surface area contributed by atoms with Crippen LogP contribution in [0.5, 0.6) is 0 Å². The van der Waals surface area contributed by atoms with Gasteiger partial charge in [-0.15, -0.1) is 5.11 Å². The van der Waals surface area contributed by atoms with E-state index in [2.05, 4.69) is 17.2 Å². The number of thioether (sulfide) groups is 1. The lowest BCUT2D eigenvalue weighted by Gasteiger charge is -2.24. The van der Waals surface area contributed by atoms with Gasteiger partial charge in [-0.05, 0) is 42.9 Å². The fourth-order valence-electron chi connectivity index (χ4n) is 2.62. The van der Waals surface area contributed by atoms with Gasteiger partial charge in [0, 0.05) is 23.9 Å². The van der Waals surface area contributed by atoms with Gasteiger partial charge in [0.25, 0.3) is 5.91 Å². The van der Waals surface area contributed by atoms with Gasteiger partial charge in [0.15, 0.2) is 0 Å². The van der Waals surface area contributed by atoms with Crippen molar-refractivity contribution in [1.82, 2.24) is 4.90 Å². The van der Waals surface area contributed by atoms with Crippen molar-refractivity contribution in [3.63, 3.8) is 0 Å². The van der Waals surface area contributed by atoms with Gasteiger partial charge < -0.3 is 10.6 Å². The molecule has 6 nitrogen and oxygen atoms in total. The maximum absolute atomic E-state index is 12.7. The Kier molecular flexibility index (Phi) is 6.58. The molecule has 0 bridgehead atoms. The molecule has 0 saturated carbocycles. The Morgan fingerprint density at radius 2 is 2.04 bits per heavy atom. The zero-order valence-electron chi connectivity index (χ0n) is 13.3. The molecule has 0 aliphatic carbocycles. The number of primary amides is 1. The first-order valence-electron chi connectivity index (χ1n) is 7.82. The Labute approximate surface area is 140 Å². The number of hydrogen-bond donors (Lipinski definition) is 1. The van der Waals surface area contributed by atoms with E-state index in [0.717, 1.165) is 25.3 Å². The molecule has 1 fully saturated rings. The van der Waals surface area contributed by atoms with Gasteiger partial charge >= 0.3 is 6.03 Å². The first-order valence-corrected chi connectivity index (χ1v) is 8.87. The van der Waals surface area contributed by atoms with Crippen LogP contribution in [0.2, 0.25) is 0 Å². The number of amides is 3. The average Bonchev–Trinajstić information content (AvgIpc) is 2.79. The normalized spacial score (nSPS) is 18.8. The van der Waals surface area contributed by atoms with E-state index in [9.17, 15) is 9.59 Å². The van der Waals surface area contributed by atoms with Gasteiger partial charge in [0.1, 0.15) is 0 Å². The summed E-state index contributed by atoms with van der Waals surface area (Å²) in [5.74, 6) is 1.12. The summed E-state index contributed by atoms with van der Waals surface area (Å²) in [5, 5.41) is 7.48. The lowest BCUT2D eigenvalue weighted by molar-refractivity contribution is 0.0763. The van der Waals surface area contributed by atoms with Crippen LogP contribution in [-0.2, 0) is 0 Å². The van der Waals surface area contributed by atoms with E-state index in [1.54, 1.807) is 24.3 Å². The Bertz CT molecular complexity index is 574. The number of hydrogen-bond acceptors (Lipinski definition) is 4.